The van der Waals surface area contributed by atoms with Gasteiger partial charge in [-0.2, -0.15) is 0 Å². The first-order valence-electron chi connectivity index (χ1n) is 6.69. The third-order valence-electron chi connectivity index (χ3n) is 4.02. The Labute approximate surface area is 99.2 Å². The Bertz CT molecular complexity index is 224. The van der Waals surface area contributed by atoms with Gasteiger partial charge in [0.15, 0.2) is 0 Å². The predicted octanol–water partition coefficient (Wildman–Crippen LogP) is 1.22. The molecule has 2 rings (SSSR count). The first-order valence-corrected chi connectivity index (χ1v) is 6.69. The molecular weight excluding hydrogens is 200 g/mol. The normalized spacial score (nSPS) is 32.8. The van der Waals surface area contributed by atoms with E-state index >= 15 is 0 Å². The fourth-order valence-corrected chi connectivity index (χ4v) is 3.11. The molecule has 0 spiro atoms. The second-order valence-corrected chi connectivity index (χ2v) is 6.29. The van der Waals surface area contributed by atoms with E-state index in [-0.39, 0.29) is 12.6 Å². The molecule has 0 amide bonds. The Balaban J connectivity index is 2.02. The molecular formula is C13H26N2O. The van der Waals surface area contributed by atoms with Crippen LogP contribution in [0.15, 0.2) is 0 Å². The minimum Gasteiger partial charge on any atom is -0.395 e. The Morgan fingerprint density at radius 3 is 2.62 bits per heavy atom. The van der Waals surface area contributed by atoms with Crippen LogP contribution in [-0.2, 0) is 0 Å². The molecule has 1 aliphatic carbocycles. The number of hydrogen-bond acceptors (Lipinski definition) is 3. The minimum absolute atomic E-state index is 0.263. The lowest BCUT2D eigenvalue weighted by Crippen LogP contribution is -2.43. The molecule has 3 heteroatoms. The monoisotopic (exact) mass is 226 g/mol. The van der Waals surface area contributed by atoms with Gasteiger partial charge in [0.1, 0.15) is 0 Å². The van der Waals surface area contributed by atoms with Gasteiger partial charge in [0.25, 0.3) is 0 Å². The largest absolute Gasteiger partial charge is 0.395 e. The van der Waals surface area contributed by atoms with Gasteiger partial charge in [-0.05, 0) is 18.3 Å². The quantitative estimate of drug-likeness (QED) is 0.743. The Morgan fingerprint density at radius 2 is 2.00 bits per heavy atom. The van der Waals surface area contributed by atoms with E-state index in [1.54, 1.807) is 0 Å². The van der Waals surface area contributed by atoms with Crippen molar-refractivity contribution >= 4 is 0 Å². The zero-order chi connectivity index (χ0) is 11.6. The molecule has 2 N–H and O–H groups in total. The molecule has 0 radical (unpaired) electrons. The third-order valence-corrected chi connectivity index (χ3v) is 4.02. The van der Waals surface area contributed by atoms with Gasteiger partial charge in [0, 0.05) is 31.7 Å². The van der Waals surface area contributed by atoms with Gasteiger partial charge in [-0.1, -0.05) is 26.7 Å². The van der Waals surface area contributed by atoms with E-state index in [0.29, 0.717) is 5.41 Å². The fourth-order valence-electron chi connectivity index (χ4n) is 3.11. The summed E-state index contributed by atoms with van der Waals surface area (Å²) >= 11 is 0. The fraction of sp³-hybridized carbons (Fsp3) is 1.00. The van der Waals surface area contributed by atoms with Gasteiger partial charge in [0.2, 0.25) is 0 Å². The lowest BCUT2D eigenvalue weighted by atomic mass is 9.92. The Morgan fingerprint density at radius 1 is 1.31 bits per heavy atom. The maximum atomic E-state index is 9.36. The van der Waals surface area contributed by atoms with Gasteiger partial charge < -0.3 is 10.4 Å². The first kappa shape index (κ1) is 12.3. The molecule has 1 unspecified atom stereocenters. The molecule has 2 aliphatic rings. The zero-order valence-corrected chi connectivity index (χ0v) is 10.7. The maximum Gasteiger partial charge on any atom is 0.0597 e. The van der Waals surface area contributed by atoms with Gasteiger partial charge >= 0.3 is 0 Å². The SMILES string of the molecule is CC1(C)CNC(CO)CN(C2CCCC2)C1. The van der Waals surface area contributed by atoms with E-state index in [4.69, 9.17) is 0 Å². The van der Waals surface area contributed by atoms with E-state index in [2.05, 4.69) is 24.1 Å². The van der Waals surface area contributed by atoms with Crippen molar-refractivity contribution in [3.63, 3.8) is 0 Å². The number of nitrogens with zero attached hydrogens (tertiary/aromatic N) is 1. The summed E-state index contributed by atoms with van der Waals surface area (Å²) in [7, 11) is 0. The molecule has 0 bridgehead atoms. The number of aliphatic hydroxyl groups excluding tert-OH is 1. The van der Waals surface area contributed by atoms with E-state index in [1.165, 1.54) is 32.2 Å². The highest BCUT2D eigenvalue weighted by Gasteiger charge is 2.33. The van der Waals surface area contributed by atoms with Crippen molar-refractivity contribution in [3.8, 4) is 0 Å². The Kier molecular flexibility index (Phi) is 3.88. The maximum absolute atomic E-state index is 9.36. The molecule has 1 atom stereocenters. The molecule has 16 heavy (non-hydrogen) atoms. The van der Waals surface area contributed by atoms with Crippen LogP contribution in [0.1, 0.15) is 39.5 Å². The molecule has 0 aromatic carbocycles. The van der Waals surface area contributed by atoms with Gasteiger partial charge in [0.05, 0.1) is 6.61 Å². The van der Waals surface area contributed by atoms with Crippen LogP contribution in [0.5, 0.6) is 0 Å². The summed E-state index contributed by atoms with van der Waals surface area (Å²) in [4.78, 5) is 2.62. The van der Waals surface area contributed by atoms with Gasteiger partial charge in [-0.25, -0.2) is 0 Å². The van der Waals surface area contributed by atoms with Crippen molar-refractivity contribution in [1.29, 1.82) is 0 Å². The van der Waals surface area contributed by atoms with Crippen LogP contribution in [0.3, 0.4) is 0 Å². The Hall–Kier alpha value is -0.120. The highest BCUT2D eigenvalue weighted by atomic mass is 16.3. The predicted molar refractivity (Wildman–Crippen MR) is 66.5 cm³/mol. The van der Waals surface area contributed by atoms with Gasteiger partial charge in [-0.3, -0.25) is 4.90 Å². The average Bonchev–Trinajstić information content (AvgIpc) is 2.70. The van der Waals surface area contributed by atoms with Gasteiger partial charge in [-0.15, -0.1) is 0 Å². The average molecular weight is 226 g/mol. The molecule has 1 aliphatic heterocycles. The summed E-state index contributed by atoms with van der Waals surface area (Å²) in [6, 6.07) is 1.04. The molecule has 94 valence electrons. The van der Waals surface area contributed by atoms with Crippen LogP contribution in [0.25, 0.3) is 0 Å². The lowest BCUT2D eigenvalue weighted by Gasteiger charge is -2.33. The number of rotatable bonds is 2. The smallest absolute Gasteiger partial charge is 0.0597 e. The summed E-state index contributed by atoms with van der Waals surface area (Å²) in [5, 5.41) is 12.8. The first-order chi connectivity index (χ1) is 7.61. The lowest BCUT2D eigenvalue weighted by molar-refractivity contribution is 0.136. The summed E-state index contributed by atoms with van der Waals surface area (Å²) in [5.74, 6) is 0. The van der Waals surface area contributed by atoms with Crippen LogP contribution in [0.2, 0.25) is 0 Å². The molecule has 1 saturated carbocycles. The van der Waals surface area contributed by atoms with E-state index < -0.39 is 0 Å². The van der Waals surface area contributed by atoms with Crippen molar-refractivity contribution < 1.29 is 5.11 Å². The molecule has 0 aromatic heterocycles. The summed E-state index contributed by atoms with van der Waals surface area (Å²) in [5.41, 5.74) is 0.326. The highest BCUT2D eigenvalue weighted by molar-refractivity contribution is 4.89. The zero-order valence-electron chi connectivity index (χ0n) is 10.7. The molecule has 1 heterocycles. The standard InChI is InChI=1S/C13H26N2O/c1-13(2)9-14-11(8-16)7-15(10-13)12-5-3-4-6-12/h11-12,14,16H,3-10H2,1-2H3. The van der Waals surface area contributed by atoms with Crippen molar-refractivity contribution in [3.05, 3.63) is 0 Å². The second kappa shape index (κ2) is 5.03. The van der Waals surface area contributed by atoms with Crippen molar-refractivity contribution in [1.82, 2.24) is 10.2 Å². The summed E-state index contributed by atoms with van der Waals surface area (Å²) in [6.07, 6.45) is 5.49. The van der Waals surface area contributed by atoms with E-state index in [9.17, 15) is 5.11 Å². The highest BCUT2D eigenvalue weighted by Crippen LogP contribution is 2.28. The molecule has 1 saturated heterocycles. The second-order valence-electron chi connectivity index (χ2n) is 6.29. The minimum atomic E-state index is 0.263. The van der Waals surface area contributed by atoms with Crippen molar-refractivity contribution in [2.75, 3.05) is 26.2 Å². The third kappa shape index (κ3) is 2.96. The van der Waals surface area contributed by atoms with Crippen molar-refractivity contribution in [2.24, 2.45) is 5.41 Å². The van der Waals surface area contributed by atoms with Crippen LogP contribution < -0.4 is 5.32 Å². The van der Waals surface area contributed by atoms with E-state index in [1.807, 2.05) is 0 Å². The van der Waals surface area contributed by atoms with Crippen LogP contribution in [-0.4, -0.2) is 48.3 Å². The number of hydrogen-bond donors (Lipinski definition) is 2. The molecule has 3 nitrogen and oxygen atoms in total. The number of nitrogens with one attached hydrogen (secondary N) is 1. The molecule has 2 fully saturated rings. The summed E-state index contributed by atoms with van der Waals surface area (Å²) in [6.45, 7) is 8.11. The van der Waals surface area contributed by atoms with Crippen LogP contribution >= 0.6 is 0 Å². The van der Waals surface area contributed by atoms with Crippen LogP contribution in [0.4, 0.5) is 0 Å². The van der Waals surface area contributed by atoms with E-state index in [0.717, 1.165) is 19.1 Å². The van der Waals surface area contributed by atoms with Crippen LogP contribution in [0, 0.1) is 5.41 Å². The molecule has 0 aromatic rings. The number of aliphatic hydroxyl groups is 1. The van der Waals surface area contributed by atoms with Crippen molar-refractivity contribution in [2.45, 2.75) is 51.6 Å². The topological polar surface area (TPSA) is 35.5 Å². The summed E-state index contributed by atoms with van der Waals surface area (Å²) < 4.78 is 0.